The van der Waals surface area contributed by atoms with Gasteiger partial charge in [0.2, 0.25) is 0 Å². The Kier molecular flexibility index (Phi) is 1.13. The average Bonchev–Trinajstić information content (AvgIpc) is 2.59. The van der Waals surface area contributed by atoms with E-state index in [1.165, 1.54) is 0 Å². The van der Waals surface area contributed by atoms with Crippen molar-refractivity contribution in [2.75, 3.05) is 11.6 Å². The number of hydrogen-bond donors (Lipinski definition) is 1. The van der Waals surface area contributed by atoms with Gasteiger partial charge >= 0.3 is 0 Å². The van der Waals surface area contributed by atoms with Gasteiger partial charge < -0.3 is 0 Å². The van der Waals surface area contributed by atoms with Crippen LogP contribution in [-0.4, -0.2) is 28.2 Å². The number of aromatic nitrogens is 3. The minimum atomic E-state index is 0.786. The maximum absolute atomic E-state index is 4.06. The molecule has 0 radical (unpaired) electrons. The van der Waals surface area contributed by atoms with E-state index in [-0.39, 0.29) is 0 Å². The van der Waals surface area contributed by atoms with Crippen molar-refractivity contribution in [3.05, 3.63) is 6.20 Å². The van der Waals surface area contributed by atoms with Gasteiger partial charge in [0.05, 0.1) is 6.20 Å². The molecular weight excluding hydrogens is 130 g/mol. The molecule has 0 spiro atoms. The molecule has 0 atom stereocenters. The van der Waals surface area contributed by atoms with Crippen molar-refractivity contribution in [3.8, 4) is 0 Å². The second-order valence-electron chi connectivity index (χ2n) is 2.04. The Hall–Kier alpha value is -1.39. The second kappa shape index (κ2) is 2.09. The van der Waals surface area contributed by atoms with E-state index >= 15 is 0 Å². The number of anilines is 1. The van der Waals surface area contributed by atoms with Gasteiger partial charge in [-0.15, -0.1) is 5.10 Å². The van der Waals surface area contributed by atoms with E-state index in [4.69, 9.17) is 0 Å². The standard InChI is InChI=1S/C5H7N5/c1-2-7-10(3-1)5-4-6-9-8-5/h2,4H,1,3H2,(H,6,8,9). The van der Waals surface area contributed by atoms with Crippen molar-refractivity contribution >= 4 is 12.0 Å². The van der Waals surface area contributed by atoms with Crippen LogP contribution in [0.25, 0.3) is 0 Å². The van der Waals surface area contributed by atoms with Crippen molar-refractivity contribution in [2.45, 2.75) is 6.42 Å². The van der Waals surface area contributed by atoms with Gasteiger partial charge in [0.15, 0.2) is 5.82 Å². The summed E-state index contributed by atoms with van der Waals surface area (Å²) in [4.78, 5) is 0. The first-order valence-electron chi connectivity index (χ1n) is 3.12. The van der Waals surface area contributed by atoms with E-state index < -0.39 is 0 Å². The highest BCUT2D eigenvalue weighted by atomic mass is 15.5. The Labute approximate surface area is 57.7 Å². The van der Waals surface area contributed by atoms with Crippen LogP contribution in [-0.2, 0) is 0 Å². The lowest BCUT2D eigenvalue weighted by atomic mass is 10.5. The molecular formula is C5H7N5. The fourth-order valence-corrected chi connectivity index (χ4v) is 0.888. The van der Waals surface area contributed by atoms with E-state index in [0.717, 1.165) is 18.8 Å². The molecule has 0 amide bonds. The van der Waals surface area contributed by atoms with Gasteiger partial charge in [0.25, 0.3) is 0 Å². The zero-order chi connectivity index (χ0) is 6.81. The Morgan fingerprint density at radius 1 is 1.60 bits per heavy atom. The molecule has 0 saturated heterocycles. The van der Waals surface area contributed by atoms with Gasteiger partial charge in [-0.05, 0) is 0 Å². The zero-order valence-electron chi connectivity index (χ0n) is 5.36. The maximum Gasteiger partial charge on any atom is 0.191 e. The second-order valence-corrected chi connectivity index (χ2v) is 2.04. The lowest BCUT2D eigenvalue weighted by Gasteiger charge is -2.06. The van der Waals surface area contributed by atoms with E-state index in [1.54, 1.807) is 6.20 Å². The largest absolute Gasteiger partial charge is 0.245 e. The van der Waals surface area contributed by atoms with Gasteiger partial charge in [-0.3, -0.25) is 0 Å². The number of hydrogen-bond acceptors (Lipinski definition) is 4. The molecule has 0 bridgehead atoms. The molecule has 0 fully saturated rings. The normalized spacial score (nSPS) is 16.6. The van der Waals surface area contributed by atoms with Gasteiger partial charge in [-0.2, -0.15) is 15.4 Å². The summed E-state index contributed by atoms with van der Waals surface area (Å²) in [6.45, 7) is 0.909. The Morgan fingerprint density at radius 3 is 3.20 bits per heavy atom. The molecule has 5 heteroatoms. The van der Waals surface area contributed by atoms with Gasteiger partial charge in [0.1, 0.15) is 0 Å². The predicted molar refractivity (Wildman–Crippen MR) is 36.8 cm³/mol. The van der Waals surface area contributed by atoms with Crippen LogP contribution in [0.15, 0.2) is 11.3 Å². The third-order valence-electron chi connectivity index (χ3n) is 1.36. The Bertz CT molecular complexity index is 226. The zero-order valence-corrected chi connectivity index (χ0v) is 5.36. The molecule has 1 aromatic rings. The van der Waals surface area contributed by atoms with E-state index in [0.29, 0.717) is 0 Å². The van der Waals surface area contributed by atoms with Crippen LogP contribution in [0.4, 0.5) is 5.82 Å². The summed E-state index contributed by atoms with van der Waals surface area (Å²) in [7, 11) is 0. The summed E-state index contributed by atoms with van der Waals surface area (Å²) in [6.07, 6.45) is 4.52. The number of rotatable bonds is 1. The molecule has 5 nitrogen and oxygen atoms in total. The molecule has 1 aliphatic heterocycles. The van der Waals surface area contributed by atoms with Crippen molar-refractivity contribution < 1.29 is 0 Å². The fraction of sp³-hybridized carbons (Fsp3) is 0.400. The molecule has 0 unspecified atom stereocenters. The maximum atomic E-state index is 4.06. The number of aromatic amines is 1. The van der Waals surface area contributed by atoms with Crippen LogP contribution in [0.5, 0.6) is 0 Å². The van der Waals surface area contributed by atoms with Crippen LogP contribution in [0.2, 0.25) is 0 Å². The predicted octanol–water partition coefficient (Wildman–Crippen LogP) is 0.000600. The van der Waals surface area contributed by atoms with Gasteiger partial charge in [-0.25, -0.2) is 5.01 Å². The SMILES string of the molecule is C1=NN(c2cn[nH]n2)CC1. The van der Waals surface area contributed by atoms with Crippen molar-refractivity contribution in [1.82, 2.24) is 15.4 Å². The molecule has 2 heterocycles. The topological polar surface area (TPSA) is 57.2 Å². The third-order valence-corrected chi connectivity index (χ3v) is 1.36. The summed E-state index contributed by atoms with van der Waals surface area (Å²) in [6, 6.07) is 0. The number of nitrogens with one attached hydrogen (secondary N) is 1. The summed E-state index contributed by atoms with van der Waals surface area (Å²) >= 11 is 0. The number of nitrogens with zero attached hydrogens (tertiary/aromatic N) is 4. The molecule has 10 heavy (non-hydrogen) atoms. The summed E-state index contributed by atoms with van der Waals surface area (Å²) in [5.41, 5.74) is 0. The monoisotopic (exact) mass is 137 g/mol. The van der Waals surface area contributed by atoms with Crippen molar-refractivity contribution in [2.24, 2.45) is 5.10 Å². The summed E-state index contributed by atoms with van der Waals surface area (Å²) in [5, 5.41) is 16.0. The lowest BCUT2D eigenvalue weighted by molar-refractivity contribution is 0.872. The molecule has 0 aliphatic carbocycles. The average molecular weight is 137 g/mol. The molecule has 0 saturated carbocycles. The van der Waals surface area contributed by atoms with Gasteiger partial charge in [-0.1, -0.05) is 0 Å². The van der Waals surface area contributed by atoms with Crippen LogP contribution >= 0.6 is 0 Å². The summed E-state index contributed by atoms with van der Waals surface area (Å²) in [5.74, 6) is 0.786. The quantitative estimate of drug-likeness (QED) is 0.592. The molecule has 2 rings (SSSR count). The van der Waals surface area contributed by atoms with Crippen LogP contribution in [0.1, 0.15) is 6.42 Å². The first-order valence-corrected chi connectivity index (χ1v) is 3.12. The molecule has 1 aliphatic rings. The lowest BCUT2D eigenvalue weighted by Crippen LogP contribution is -2.11. The van der Waals surface area contributed by atoms with Crippen LogP contribution in [0, 0.1) is 0 Å². The first kappa shape index (κ1) is 5.40. The molecule has 0 aromatic carbocycles. The first-order chi connectivity index (χ1) is 4.97. The Morgan fingerprint density at radius 2 is 2.60 bits per heavy atom. The summed E-state index contributed by atoms with van der Waals surface area (Å²) < 4.78 is 0. The van der Waals surface area contributed by atoms with Gasteiger partial charge in [0, 0.05) is 19.2 Å². The fourth-order valence-electron chi connectivity index (χ4n) is 0.888. The molecule has 1 N–H and O–H groups in total. The van der Waals surface area contributed by atoms with Crippen molar-refractivity contribution in [3.63, 3.8) is 0 Å². The molecule has 1 aromatic heterocycles. The van der Waals surface area contributed by atoms with Crippen molar-refractivity contribution in [1.29, 1.82) is 0 Å². The number of H-pyrrole nitrogens is 1. The third kappa shape index (κ3) is 0.754. The highest BCUT2D eigenvalue weighted by molar-refractivity contribution is 5.63. The van der Waals surface area contributed by atoms with E-state index in [2.05, 4.69) is 20.5 Å². The van der Waals surface area contributed by atoms with E-state index in [1.807, 2.05) is 11.2 Å². The smallest absolute Gasteiger partial charge is 0.191 e. The minimum absolute atomic E-state index is 0.786. The van der Waals surface area contributed by atoms with E-state index in [9.17, 15) is 0 Å². The van der Waals surface area contributed by atoms with Crippen LogP contribution < -0.4 is 5.01 Å². The highest BCUT2D eigenvalue weighted by Crippen LogP contribution is 2.10. The van der Waals surface area contributed by atoms with Crippen LogP contribution in [0.3, 0.4) is 0 Å². The Balaban J connectivity index is 2.20. The molecule has 52 valence electrons. The highest BCUT2D eigenvalue weighted by Gasteiger charge is 2.09. The minimum Gasteiger partial charge on any atom is -0.245 e. The number of hydrazone groups is 1.